The van der Waals surface area contributed by atoms with Crippen LogP contribution in [0.15, 0.2) is 30.3 Å². The highest BCUT2D eigenvalue weighted by atomic mass is 19.4. The quantitative estimate of drug-likeness (QED) is 0.760. The van der Waals surface area contributed by atoms with E-state index in [9.17, 15) is 13.2 Å². The van der Waals surface area contributed by atoms with Gasteiger partial charge in [0.15, 0.2) is 0 Å². The van der Waals surface area contributed by atoms with Gasteiger partial charge in [-0.2, -0.15) is 13.2 Å². The Morgan fingerprint density at radius 2 is 1.69 bits per heavy atom. The molecule has 4 heteroatoms. The molecule has 2 N–H and O–H groups in total. The van der Waals surface area contributed by atoms with E-state index in [-0.39, 0.29) is 0 Å². The van der Waals surface area contributed by atoms with Gasteiger partial charge in [0.2, 0.25) is 0 Å². The Balaban J connectivity index is 2.64. The summed E-state index contributed by atoms with van der Waals surface area (Å²) in [6, 6.07) is 7.31. The Kier molecular flexibility index (Phi) is 2.93. The summed E-state index contributed by atoms with van der Waals surface area (Å²) in [4.78, 5) is 0. The van der Waals surface area contributed by atoms with Gasteiger partial charge in [0.05, 0.1) is 6.42 Å². The maximum Gasteiger partial charge on any atom is 0.390 e. The second-order valence-electron chi connectivity index (χ2n) is 2.84. The smallest absolute Gasteiger partial charge is 0.324 e. The van der Waals surface area contributed by atoms with Gasteiger partial charge in [-0.15, -0.1) is 0 Å². The molecule has 0 bridgehead atoms. The molecule has 1 atom stereocenters. The highest BCUT2D eigenvalue weighted by Gasteiger charge is 2.30. The monoisotopic (exact) mass is 189 g/mol. The van der Waals surface area contributed by atoms with Gasteiger partial charge in [-0.05, 0) is 5.56 Å². The van der Waals surface area contributed by atoms with E-state index in [0.29, 0.717) is 5.56 Å². The second-order valence-corrected chi connectivity index (χ2v) is 2.84. The van der Waals surface area contributed by atoms with Crippen molar-refractivity contribution in [2.24, 2.45) is 5.73 Å². The topological polar surface area (TPSA) is 26.0 Å². The van der Waals surface area contributed by atoms with Crippen molar-refractivity contribution in [3.63, 3.8) is 0 Å². The Morgan fingerprint density at radius 3 is 2.15 bits per heavy atom. The molecular formula is C9H10F3N. The van der Waals surface area contributed by atoms with E-state index in [1.807, 2.05) is 0 Å². The van der Waals surface area contributed by atoms with Crippen molar-refractivity contribution in [1.29, 1.82) is 0 Å². The Bertz CT molecular complexity index is 255. The molecule has 0 spiro atoms. The maximum atomic E-state index is 11.9. The van der Waals surface area contributed by atoms with Gasteiger partial charge < -0.3 is 5.73 Å². The van der Waals surface area contributed by atoms with Gasteiger partial charge in [-0.3, -0.25) is 0 Å². The number of nitrogens with two attached hydrogens (primary N) is 1. The van der Waals surface area contributed by atoms with Crippen molar-refractivity contribution in [2.75, 3.05) is 0 Å². The van der Waals surface area contributed by atoms with Crippen LogP contribution in [0.1, 0.15) is 18.0 Å². The van der Waals surface area contributed by atoms with Crippen molar-refractivity contribution in [3.05, 3.63) is 35.9 Å². The average Bonchev–Trinajstić information content (AvgIpc) is 2.03. The van der Waals surface area contributed by atoms with Crippen molar-refractivity contribution < 1.29 is 13.2 Å². The van der Waals surface area contributed by atoms with Crippen LogP contribution in [0.25, 0.3) is 0 Å². The minimum Gasteiger partial charge on any atom is -0.324 e. The molecule has 13 heavy (non-hydrogen) atoms. The minimum absolute atomic E-state index is 0.514. The first-order valence-corrected chi connectivity index (χ1v) is 3.86. The van der Waals surface area contributed by atoms with Crippen LogP contribution in [0.3, 0.4) is 0 Å². The molecule has 0 aliphatic heterocycles. The van der Waals surface area contributed by atoms with Crippen LogP contribution < -0.4 is 5.73 Å². The van der Waals surface area contributed by atoms with Crippen LogP contribution in [-0.2, 0) is 0 Å². The third kappa shape index (κ3) is 3.46. The summed E-state index contributed by atoms with van der Waals surface area (Å²) in [5, 5.41) is 0. The molecule has 0 heterocycles. The van der Waals surface area contributed by atoms with E-state index < -0.39 is 18.6 Å². The first kappa shape index (κ1) is 10.1. The molecule has 1 aromatic carbocycles. The lowest BCUT2D eigenvalue weighted by atomic mass is 10.1. The molecule has 0 saturated carbocycles. The highest BCUT2D eigenvalue weighted by Crippen LogP contribution is 2.27. The van der Waals surface area contributed by atoms with Gasteiger partial charge in [0.25, 0.3) is 0 Å². The number of halogens is 3. The summed E-state index contributed by atoms with van der Waals surface area (Å²) in [5.41, 5.74) is 5.87. The molecule has 72 valence electrons. The van der Waals surface area contributed by atoms with Gasteiger partial charge >= 0.3 is 6.18 Å². The predicted octanol–water partition coefficient (Wildman–Crippen LogP) is 2.64. The zero-order valence-corrected chi connectivity index (χ0v) is 6.88. The zero-order chi connectivity index (χ0) is 9.90. The summed E-state index contributed by atoms with van der Waals surface area (Å²) in [5.74, 6) is 0. The zero-order valence-electron chi connectivity index (χ0n) is 6.88. The molecule has 1 rings (SSSR count). The SMILES string of the molecule is NC(CC(F)(F)F)c1ccccc1. The molecule has 0 aromatic heterocycles. The average molecular weight is 189 g/mol. The Labute approximate surface area is 74.4 Å². The van der Waals surface area contributed by atoms with E-state index in [2.05, 4.69) is 0 Å². The number of hydrogen-bond acceptors (Lipinski definition) is 1. The van der Waals surface area contributed by atoms with E-state index >= 15 is 0 Å². The molecule has 0 saturated heterocycles. The molecule has 1 nitrogen and oxygen atoms in total. The molecule has 0 fully saturated rings. The van der Waals surface area contributed by atoms with Crippen LogP contribution in [0, 0.1) is 0 Å². The van der Waals surface area contributed by atoms with E-state index in [1.165, 1.54) is 0 Å². The fourth-order valence-electron chi connectivity index (χ4n) is 1.07. The Morgan fingerprint density at radius 1 is 1.15 bits per heavy atom. The third-order valence-electron chi connectivity index (χ3n) is 1.68. The summed E-state index contributed by atoms with van der Waals surface area (Å²) in [6.45, 7) is 0. The largest absolute Gasteiger partial charge is 0.390 e. The summed E-state index contributed by atoms with van der Waals surface area (Å²) >= 11 is 0. The molecule has 0 amide bonds. The molecular weight excluding hydrogens is 179 g/mol. The number of alkyl halides is 3. The van der Waals surface area contributed by atoms with Gasteiger partial charge in [0.1, 0.15) is 0 Å². The summed E-state index contributed by atoms with van der Waals surface area (Å²) in [7, 11) is 0. The summed E-state index contributed by atoms with van der Waals surface area (Å²) in [6.07, 6.45) is -5.17. The molecule has 1 aromatic rings. The normalized spacial score (nSPS) is 14.2. The second kappa shape index (κ2) is 3.79. The van der Waals surface area contributed by atoms with Crippen LogP contribution in [0.4, 0.5) is 13.2 Å². The summed E-state index contributed by atoms with van der Waals surface area (Å²) < 4.78 is 35.7. The van der Waals surface area contributed by atoms with Crippen molar-refractivity contribution in [2.45, 2.75) is 18.6 Å². The molecule has 1 unspecified atom stereocenters. The van der Waals surface area contributed by atoms with Crippen molar-refractivity contribution in [3.8, 4) is 0 Å². The predicted molar refractivity (Wildman–Crippen MR) is 44.0 cm³/mol. The lowest BCUT2D eigenvalue weighted by molar-refractivity contribution is -0.138. The number of hydrogen-bond donors (Lipinski definition) is 1. The van der Waals surface area contributed by atoms with Crippen LogP contribution in [0.2, 0.25) is 0 Å². The van der Waals surface area contributed by atoms with Gasteiger partial charge in [-0.25, -0.2) is 0 Å². The lowest BCUT2D eigenvalue weighted by Gasteiger charge is -2.13. The van der Waals surface area contributed by atoms with E-state index in [0.717, 1.165) is 0 Å². The van der Waals surface area contributed by atoms with Crippen LogP contribution in [-0.4, -0.2) is 6.18 Å². The van der Waals surface area contributed by atoms with E-state index in [1.54, 1.807) is 30.3 Å². The molecule has 0 aliphatic rings. The van der Waals surface area contributed by atoms with Crippen LogP contribution in [0.5, 0.6) is 0 Å². The fourth-order valence-corrected chi connectivity index (χ4v) is 1.07. The highest BCUT2D eigenvalue weighted by molar-refractivity contribution is 5.18. The third-order valence-corrected chi connectivity index (χ3v) is 1.68. The van der Waals surface area contributed by atoms with Gasteiger partial charge in [-0.1, -0.05) is 30.3 Å². The van der Waals surface area contributed by atoms with Gasteiger partial charge in [0, 0.05) is 6.04 Å². The van der Waals surface area contributed by atoms with E-state index in [4.69, 9.17) is 5.73 Å². The van der Waals surface area contributed by atoms with Crippen molar-refractivity contribution in [1.82, 2.24) is 0 Å². The number of benzene rings is 1. The molecule has 0 radical (unpaired) electrons. The maximum absolute atomic E-state index is 11.9. The standard InChI is InChI=1S/C9H10F3N/c10-9(11,12)6-8(13)7-4-2-1-3-5-7/h1-5,8H,6,13H2. The minimum atomic E-state index is -4.20. The first-order chi connectivity index (χ1) is 5.99. The fraction of sp³-hybridized carbons (Fsp3) is 0.333. The van der Waals surface area contributed by atoms with Crippen LogP contribution >= 0.6 is 0 Å². The lowest BCUT2D eigenvalue weighted by Crippen LogP contribution is -2.20. The van der Waals surface area contributed by atoms with Crippen molar-refractivity contribution >= 4 is 0 Å². The number of rotatable bonds is 2. The first-order valence-electron chi connectivity index (χ1n) is 3.86. The molecule has 0 aliphatic carbocycles. The Hall–Kier alpha value is -1.03.